The van der Waals surface area contributed by atoms with Crippen LogP contribution in [0.3, 0.4) is 0 Å². The number of carbonyl (C=O) groups is 1. The molecule has 0 fully saturated rings. The quantitative estimate of drug-likeness (QED) is 0.508. The molecule has 1 heterocycles. The third-order valence-electron chi connectivity index (χ3n) is 4.94. The van der Waals surface area contributed by atoms with Crippen molar-refractivity contribution in [3.05, 3.63) is 36.0 Å². The molecule has 0 radical (unpaired) electrons. The number of amides is 2. The molecule has 0 atom stereocenters. The fraction of sp³-hybridized carbons (Fsp3) is 0.476. The molecule has 5 N–H and O–H groups in total. The van der Waals surface area contributed by atoms with Crippen molar-refractivity contribution in [2.75, 3.05) is 17.7 Å². The van der Waals surface area contributed by atoms with E-state index in [1.165, 1.54) is 6.07 Å². The van der Waals surface area contributed by atoms with E-state index in [-0.39, 0.29) is 12.4 Å². The van der Waals surface area contributed by atoms with Crippen molar-refractivity contribution in [2.45, 2.75) is 57.1 Å². The summed E-state index contributed by atoms with van der Waals surface area (Å²) >= 11 is 0. The van der Waals surface area contributed by atoms with Crippen LogP contribution in [-0.4, -0.2) is 46.9 Å². The Kier molecular flexibility index (Phi) is 6.97. The molecule has 0 aliphatic heterocycles. The number of anilines is 2. The molecule has 0 spiro atoms. The minimum Gasteiger partial charge on any atom is -0.394 e. The van der Waals surface area contributed by atoms with Gasteiger partial charge in [-0.25, -0.2) is 23.2 Å². The van der Waals surface area contributed by atoms with Gasteiger partial charge in [-0.05, 0) is 65.8 Å². The van der Waals surface area contributed by atoms with Gasteiger partial charge in [0.05, 0.1) is 23.1 Å². The minimum atomic E-state index is -3.50. The molecule has 0 saturated carbocycles. The number of nitrogens with one attached hydrogen (secondary N) is 2. The highest BCUT2D eigenvalue weighted by Crippen LogP contribution is 2.33. The average molecular weight is 450 g/mol. The highest BCUT2D eigenvalue weighted by atomic mass is 32.2. The maximum Gasteiger partial charge on any atom is 0.319 e. The van der Waals surface area contributed by atoms with Gasteiger partial charge in [-0.3, -0.25) is 0 Å². The lowest BCUT2D eigenvalue weighted by atomic mass is 10.1. The van der Waals surface area contributed by atoms with E-state index in [4.69, 9.17) is 5.73 Å². The minimum absolute atomic E-state index is 0.167. The number of hydrogen-bond acceptors (Lipinski definition) is 7. The molecule has 2 amide bonds. The Balaban J connectivity index is 2.31. The Hall–Kier alpha value is -2.72. The molecule has 9 nitrogen and oxygen atoms in total. The van der Waals surface area contributed by atoms with Gasteiger partial charge >= 0.3 is 6.03 Å². The number of rotatable bonds is 7. The first-order valence-electron chi connectivity index (χ1n) is 9.88. The van der Waals surface area contributed by atoms with Gasteiger partial charge in [0.25, 0.3) is 0 Å². The summed E-state index contributed by atoms with van der Waals surface area (Å²) in [6, 6.07) is 7.78. The monoisotopic (exact) mass is 449 g/mol. The molecule has 0 bridgehead atoms. The predicted molar refractivity (Wildman–Crippen MR) is 122 cm³/mol. The molecule has 1 aromatic carbocycles. The highest BCUT2D eigenvalue weighted by Gasteiger charge is 2.40. The SMILES string of the molecule is CC(C)S(=O)(=O)C(C)(C)c1cc(N)nc(-c2ccc(NC(=O)NC(C)(C)CO)cc2)n1. The van der Waals surface area contributed by atoms with E-state index in [0.717, 1.165) is 0 Å². The number of nitrogen functional groups attached to an aromatic ring is 1. The van der Waals surface area contributed by atoms with Crippen molar-refractivity contribution < 1.29 is 18.3 Å². The lowest BCUT2D eigenvalue weighted by molar-refractivity contribution is 0.187. The second-order valence-corrected chi connectivity index (χ2v) is 11.9. The maximum absolute atomic E-state index is 12.8. The zero-order valence-corrected chi connectivity index (χ0v) is 19.5. The number of aromatic nitrogens is 2. The summed E-state index contributed by atoms with van der Waals surface area (Å²) in [5, 5.41) is 14.0. The number of nitrogens with zero attached hydrogens (tertiary/aromatic N) is 2. The molecule has 0 unspecified atom stereocenters. The number of carbonyl (C=O) groups excluding carboxylic acids is 1. The summed E-state index contributed by atoms with van der Waals surface area (Å²) in [6.07, 6.45) is 0. The van der Waals surface area contributed by atoms with E-state index in [0.29, 0.717) is 22.8 Å². The fourth-order valence-corrected chi connectivity index (χ4v) is 4.42. The van der Waals surface area contributed by atoms with Gasteiger partial charge in [0.15, 0.2) is 15.7 Å². The van der Waals surface area contributed by atoms with Crippen molar-refractivity contribution in [1.82, 2.24) is 15.3 Å². The van der Waals surface area contributed by atoms with Crippen LogP contribution in [0, 0.1) is 0 Å². The van der Waals surface area contributed by atoms with Gasteiger partial charge in [-0.15, -0.1) is 0 Å². The molecule has 0 saturated heterocycles. The molecule has 170 valence electrons. The Morgan fingerprint density at radius 2 is 1.71 bits per heavy atom. The van der Waals surface area contributed by atoms with E-state index in [2.05, 4.69) is 20.6 Å². The smallest absolute Gasteiger partial charge is 0.319 e. The van der Waals surface area contributed by atoms with E-state index in [1.807, 2.05) is 0 Å². The topological polar surface area (TPSA) is 147 Å². The first kappa shape index (κ1) is 24.5. The lowest BCUT2D eigenvalue weighted by Gasteiger charge is -2.27. The first-order valence-corrected chi connectivity index (χ1v) is 11.4. The third kappa shape index (κ3) is 5.50. The number of benzene rings is 1. The molecule has 10 heteroatoms. The van der Waals surface area contributed by atoms with Crippen LogP contribution in [0.1, 0.15) is 47.2 Å². The van der Waals surface area contributed by atoms with Crippen LogP contribution < -0.4 is 16.4 Å². The standard InChI is InChI=1S/C21H31N5O4S/c1-13(2)31(29,30)21(5,6)16-11-17(22)25-18(24-16)14-7-9-15(10-8-14)23-19(28)26-20(3,4)12-27/h7-11,13,27H,12H2,1-6H3,(H2,22,24,25)(H2,23,26,28). The van der Waals surface area contributed by atoms with Crippen molar-refractivity contribution in [1.29, 1.82) is 0 Å². The van der Waals surface area contributed by atoms with Gasteiger partial charge in [0.1, 0.15) is 10.6 Å². The molecule has 2 aromatic rings. The van der Waals surface area contributed by atoms with Crippen molar-refractivity contribution in [3.8, 4) is 11.4 Å². The van der Waals surface area contributed by atoms with Gasteiger partial charge in [0, 0.05) is 17.3 Å². The summed E-state index contributed by atoms with van der Waals surface area (Å²) in [7, 11) is -3.50. The zero-order valence-electron chi connectivity index (χ0n) is 18.7. The van der Waals surface area contributed by atoms with E-state index >= 15 is 0 Å². The van der Waals surface area contributed by atoms with Crippen LogP contribution in [-0.2, 0) is 14.6 Å². The summed E-state index contributed by atoms with van der Waals surface area (Å²) in [4.78, 5) is 20.8. The Morgan fingerprint density at radius 1 is 1.13 bits per heavy atom. The molecule has 31 heavy (non-hydrogen) atoms. The molecule has 1 aromatic heterocycles. The largest absolute Gasteiger partial charge is 0.394 e. The fourth-order valence-electron chi connectivity index (χ4n) is 2.85. The summed E-state index contributed by atoms with van der Waals surface area (Å²) in [5.74, 6) is 0.458. The molecule has 0 aliphatic rings. The molecular weight excluding hydrogens is 418 g/mol. The normalized spacial score (nSPS) is 12.6. The predicted octanol–water partition coefficient (Wildman–Crippen LogP) is 2.68. The lowest BCUT2D eigenvalue weighted by Crippen LogP contribution is -2.48. The van der Waals surface area contributed by atoms with Gasteiger partial charge in [0.2, 0.25) is 0 Å². The number of aliphatic hydroxyl groups is 1. The molecule has 2 rings (SSSR count). The van der Waals surface area contributed by atoms with Crippen LogP contribution in [0.5, 0.6) is 0 Å². The van der Waals surface area contributed by atoms with Crippen LogP contribution in [0.25, 0.3) is 11.4 Å². The Labute approximate surface area is 183 Å². The number of sulfone groups is 1. The second-order valence-electron chi connectivity index (χ2n) is 8.80. The van der Waals surface area contributed by atoms with Gasteiger partial charge in [-0.1, -0.05) is 0 Å². The summed E-state index contributed by atoms with van der Waals surface area (Å²) < 4.78 is 24.4. The van der Waals surface area contributed by atoms with Gasteiger partial charge in [-0.2, -0.15) is 0 Å². The Bertz CT molecular complexity index is 1050. The molecular formula is C21H31N5O4S. The average Bonchev–Trinajstić information content (AvgIpc) is 2.67. The van der Waals surface area contributed by atoms with Crippen molar-refractivity contribution in [3.63, 3.8) is 0 Å². The van der Waals surface area contributed by atoms with Crippen molar-refractivity contribution in [2.24, 2.45) is 0 Å². The number of nitrogens with two attached hydrogens (primary N) is 1. The molecule has 0 aliphatic carbocycles. The number of urea groups is 1. The van der Waals surface area contributed by atoms with Gasteiger partial charge < -0.3 is 21.5 Å². The van der Waals surface area contributed by atoms with Crippen molar-refractivity contribution >= 4 is 27.4 Å². The number of hydrogen-bond donors (Lipinski definition) is 4. The summed E-state index contributed by atoms with van der Waals surface area (Å²) in [6.45, 7) is 9.67. The van der Waals surface area contributed by atoms with E-state index < -0.39 is 31.4 Å². The van der Waals surface area contributed by atoms with E-state index in [1.54, 1.807) is 65.8 Å². The highest BCUT2D eigenvalue weighted by molar-refractivity contribution is 7.92. The Morgan fingerprint density at radius 3 is 2.23 bits per heavy atom. The third-order valence-corrected chi connectivity index (χ3v) is 7.82. The maximum atomic E-state index is 12.8. The second kappa shape index (κ2) is 8.80. The van der Waals surface area contributed by atoms with Crippen LogP contribution >= 0.6 is 0 Å². The first-order chi connectivity index (χ1) is 14.2. The van der Waals surface area contributed by atoms with Crippen LogP contribution in [0.2, 0.25) is 0 Å². The van der Waals surface area contributed by atoms with Crippen LogP contribution in [0.15, 0.2) is 30.3 Å². The van der Waals surface area contributed by atoms with E-state index in [9.17, 15) is 18.3 Å². The summed E-state index contributed by atoms with van der Waals surface area (Å²) in [5.41, 5.74) is 6.66. The number of aliphatic hydroxyl groups excluding tert-OH is 1. The zero-order chi connectivity index (χ0) is 23.6. The van der Waals surface area contributed by atoms with Crippen LogP contribution in [0.4, 0.5) is 16.3 Å².